The molecule has 1 heterocycles. The lowest BCUT2D eigenvalue weighted by Crippen LogP contribution is -2.08. The SMILES string of the molecule is NCc1ccccc1CNc1ccc(C(F)(F)F)cn1. The van der Waals surface area contributed by atoms with Crippen LogP contribution in [-0.4, -0.2) is 4.98 Å². The molecule has 0 radical (unpaired) electrons. The quantitative estimate of drug-likeness (QED) is 0.905. The minimum atomic E-state index is -4.36. The predicted molar refractivity (Wildman–Crippen MR) is 70.9 cm³/mol. The number of hydrogen-bond acceptors (Lipinski definition) is 3. The van der Waals surface area contributed by atoms with Gasteiger partial charge < -0.3 is 11.1 Å². The molecule has 1 aromatic heterocycles. The van der Waals surface area contributed by atoms with Crippen molar-refractivity contribution in [1.29, 1.82) is 0 Å². The van der Waals surface area contributed by atoms with Crippen molar-refractivity contribution in [2.75, 3.05) is 5.32 Å². The van der Waals surface area contributed by atoms with Gasteiger partial charge >= 0.3 is 6.18 Å². The van der Waals surface area contributed by atoms with Gasteiger partial charge in [0.2, 0.25) is 0 Å². The maximum Gasteiger partial charge on any atom is 0.417 e. The first-order valence-corrected chi connectivity index (χ1v) is 6.04. The molecule has 3 N–H and O–H groups in total. The molecule has 0 amide bonds. The number of pyridine rings is 1. The maximum absolute atomic E-state index is 12.4. The molecule has 0 fully saturated rings. The number of aromatic nitrogens is 1. The van der Waals surface area contributed by atoms with Gasteiger partial charge in [-0.3, -0.25) is 0 Å². The van der Waals surface area contributed by atoms with E-state index in [-0.39, 0.29) is 0 Å². The Hall–Kier alpha value is -2.08. The van der Waals surface area contributed by atoms with Crippen molar-refractivity contribution in [3.05, 3.63) is 59.3 Å². The molecule has 0 atom stereocenters. The molecule has 0 unspecified atom stereocenters. The molecule has 0 spiro atoms. The zero-order chi connectivity index (χ0) is 14.6. The molecule has 0 aliphatic carbocycles. The van der Waals surface area contributed by atoms with E-state index >= 15 is 0 Å². The fraction of sp³-hybridized carbons (Fsp3) is 0.214. The highest BCUT2D eigenvalue weighted by Crippen LogP contribution is 2.28. The van der Waals surface area contributed by atoms with Gasteiger partial charge in [-0.15, -0.1) is 0 Å². The molecule has 0 saturated carbocycles. The van der Waals surface area contributed by atoms with Gasteiger partial charge in [-0.25, -0.2) is 4.98 Å². The third-order valence-electron chi connectivity index (χ3n) is 2.89. The fourth-order valence-corrected chi connectivity index (χ4v) is 1.78. The number of hydrogen-bond donors (Lipinski definition) is 2. The summed E-state index contributed by atoms with van der Waals surface area (Å²) in [5, 5.41) is 2.98. The average Bonchev–Trinajstić information content (AvgIpc) is 2.45. The van der Waals surface area contributed by atoms with E-state index in [1.165, 1.54) is 6.07 Å². The van der Waals surface area contributed by atoms with Crippen molar-refractivity contribution >= 4 is 5.82 Å². The first-order chi connectivity index (χ1) is 9.50. The van der Waals surface area contributed by atoms with Gasteiger partial charge in [0.15, 0.2) is 0 Å². The standard InChI is InChI=1S/C14H14F3N3/c15-14(16,17)12-5-6-13(20-9-12)19-8-11-4-2-1-3-10(11)7-18/h1-6,9H,7-8,18H2,(H,19,20). The molecule has 0 aliphatic rings. The molecule has 20 heavy (non-hydrogen) atoms. The Labute approximate surface area is 114 Å². The maximum atomic E-state index is 12.4. The Morgan fingerprint density at radius 1 is 1.05 bits per heavy atom. The Balaban J connectivity index is 2.04. The molecule has 0 saturated heterocycles. The average molecular weight is 281 g/mol. The van der Waals surface area contributed by atoms with Gasteiger partial charge in [0, 0.05) is 19.3 Å². The number of halogens is 3. The molecule has 106 valence electrons. The number of alkyl halides is 3. The zero-order valence-corrected chi connectivity index (χ0v) is 10.6. The van der Waals surface area contributed by atoms with Crippen molar-refractivity contribution in [2.45, 2.75) is 19.3 Å². The molecule has 6 heteroatoms. The molecule has 3 nitrogen and oxygen atoms in total. The Kier molecular flexibility index (Phi) is 4.24. The predicted octanol–water partition coefficient (Wildman–Crippen LogP) is 3.17. The van der Waals surface area contributed by atoms with Crippen LogP contribution >= 0.6 is 0 Å². The van der Waals surface area contributed by atoms with Gasteiger partial charge in [-0.1, -0.05) is 24.3 Å². The molecule has 1 aromatic carbocycles. The third kappa shape index (κ3) is 3.48. The lowest BCUT2D eigenvalue weighted by Gasteiger charge is -2.10. The largest absolute Gasteiger partial charge is 0.417 e. The highest BCUT2D eigenvalue weighted by Gasteiger charge is 2.30. The monoisotopic (exact) mass is 281 g/mol. The van der Waals surface area contributed by atoms with Crippen LogP contribution < -0.4 is 11.1 Å². The summed E-state index contributed by atoms with van der Waals surface area (Å²) in [6.45, 7) is 0.879. The van der Waals surface area contributed by atoms with E-state index in [0.717, 1.165) is 23.4 Å². The van der Waals surface area contributed by atoms with Crippen LogP contribution in [0.2, 0.25) is 0 Å². The Bertz CT molecular complexity index is 565. The van der Waals surface area contributed by atoms with Crippen LogP contribution in [0.1, 0.15) is 16.7 Å². The van der Waals surface area contributed by atoms with E-state index in [4.69, 9.17) is 5.73 Å². The lowest BCUT2D eigenvalue weighted by atomic mass is 10.1. The Morgan fingerprint density at radius 2 is 1.75 bits per heavy atom. The molecule has 0 aliphatic heterocycles. The second kappa shape index (κ2) is 5.92. The van der Waals surface area contributed by atoms with Crippen LogP contribution in [0.5, 0.6) is 0 Å². The first kappa shape index (κ1) is 14.3. The van der Waals surface area contributed by atoms with Gasteiger partial charge in [-0.05, 0) is 23.3 Å². The summed E-state index contributed by atoms with van der Waals surface area (Å²) in [6.07, 6.45) is -3.55. The van der Waals surface area contributed by atoms with Crippen LogP contribution in [0.3, 0.4) is 0 Å². The van der Waals surface area contributed by atoms with Crippen LogP contribution in [0.25, 0.3) is 0 Å². The smallest absolute Gasteiger partial charge is 0.366 e. The summed E-state index contributed by atoms with van der Waals surface area (Å²) in [6, 6.07) is 9.92. The second-order valence-electron chi connectivity index (χ2n) is 4.26. The number of nitrogens with two attached hydrogens (primary N) is 1. The number of nitrogens with zero attached hydrogens (tertiary/aromatic N) is 1. The highest BCUT2D eigenvalue weighted by molar-refractivity contribution is 5.38. The molecule has 2 aromatic rings. The van der Waals surface area contributed by atoms with Gasteiger partial charge in [-0.2, -0.15) is 13.2 Å². The van der Waals surface area contributed by atoms with E-state index in [1.54, 1.807) is 0 Å². The van der Waals surface area contributed by atoms with Crippen molar-refractivity contribution in [1.82, 2.24) is 4.98 Å². The second-order valence-corrected chi connectivity index (χ2v) is 4.26. The summed E-state index contributed by atoms with van der Waals surface area (Å²) in [4.78, 5) is 3.75. The van der Waals surface area contributed by atoms with Crippen molar-refractivity contribution in [3.63, 3.8) is 0 Å². The summed E-state index contributed by atoms with van der Waals surface area (Å²) >= 11 is 0. The fourth-order valence-electron chi connectivity index (χ4n) is 1.78. The van der Waals surface area contributed by atoms with Crippen LogP contribution in [0.15, 0.2) is 42.6 Å². The van der Waals surface area contributed by atoms with Crippen LogP contribution in [0, 0.1) is 0 Å². The molecular formula is C14H14F3N3. The summed E-state index contributed by atoms with van der Waals surface area (Å²) in [5.41, 5.74) is 6.85. The molecular weight excluding hydrogens is 267 g/mol. The third-order valence-corrected chi connectivity index (χ3v) is 2.89. The summed E-state index contributed by atoms with van der Waals surface area (Å²) in [5.74, 6) is 0.393. The van der Waals surface area contributed by atoms with Gasteiger partial charge in [0.25, 0.3) is 0 Å². The van der Waals surface area contributed by atoms with E-state index in [2.05, 4.69) is 10.3 Å². The Morgan fingerprint density at radius 3 is 2.30 bits per heavy atom. The van der Waals surface area contributed by atoms with Crippen LogP contribution in [0.4, 0.5) is 19.0 Å². The minimum Gasteiger partial charge on any atom is -0.366 e. The van der Waals surface area contributed by atoms with Crippen LogP contribution in [-0.2, 0) is 19.3 Å². The van der Waals surface area contributed by atoms with E-state index in [9.17, 15) is 13.2 Å². The zero-order valence-electron chi connectivity index (χ0n) is 10.6. The summed E-state index contributed by atoms with van der Waals surface area (Å²) < 4.78 is 37.2. The van der Waals surface area contributed by atoms with Gasteiger partial charge in [0.05, 0.1) is 5.56 Å². The van der Waals surface area contributed by atoms with Crippen molar-refractivity contribution in [2.24, 2.45) is 5.73 Å². The van der Waals surface area contributed by atoms with E-state index in [1.807, 2.05) is 24.3 Å². The number of benzene rings is 1. The lowest BCUT2D eigenvalue weighted by molar-refractivity contribution is -0.137. The van der Waals surface area contributed by atoms with E-state index in [0.29, 0.717) is 18.9 Å². The van der Waals surface area contributed by atoms with Gasteiger partial charge in [0.1, 0.15) is 5.82 Å². The highest BCUT2D eigenvalue weighted by atomic mass is 19.4. The topological polar surface area (TPSA) is 50.9 Å². The van der Waals surface area contributed by atoms with E-state index < -0.39 is 11.7 Å². The molecule has 0 bridgehead atoms. The number of nitrogens with one attached hydrogen (secondary N) is 1. The minimum absolute atomic E-state index is 0.393. The normalized spacial score (nSPS) is 11.4. The first-order valence-electron chi connectivity index (χ1n) is 6.04. The summed E-state index contributed by atoms with van der Waals surface area (Å²) in [7, 11) is 0. The number of anilines is 1. The van der Waals surface area contributed by atoms with Crippen molar-refractivity contribution < 1.29 is 13.2 Å². The van der Waals surface area contributed by atoms with Crippen molar-refractivity contribution in [3.8, 4) is 0 Å². The molecule has 2 rings (SSSR count). The number of rotatable bonds is 4.